The molecular weight excluding hydrogens is 398 g/mol. The van der Waals surface area contributed by atoms with Gasteiger partial charge in [-0.05, 0) is 49.4 Å². The van der Waals surface area contributed by atoms with Gasteiger partial charge < -0.3 is 9.88 Å². The van der Waals surface area contributed by atoms with Crippen LogP contribution < -0.4 is 5.32 Å². The summed E-state index contributed by atoms with van der Waals surface area (Å²) in [6, 6.07) is 4.62. The highest BCUT2D eigenvalue weighted by Gasteiger charge is 2.18. The molecule has 1 aromatic carbocycles. The molecule has 0 bridgehead atoms. The predicted molar refractivity (Wildman–Crippen MR) is 112 cm³/mol. The molecule has 0 saturated carbocycles. The average molecular weight is 424 g/mol. The molecule has 1 amide bonds. The average Bonchev–Trinajstić information content (AvgIpc) is 3.00. The monoisotopic (exact) mass is 423 g/mol. The Balaban J connectivity index is 2.01. The van der Waals surface area contributed by atoms with Crippen molar-refractivity contribution in [1.82, 2.24) is 20.1 Å². The van der Waals surface area contributed by atoms with Crippen LogP contribution in [0.4, 0.5) is 5.69 Å². The van der Waals surface area contributed by atoms with E-state index in [0.29, 0.717) is 35.1 Å². The Morgan fingerprint density at radius 3 is 2.86 bits per heavy atom. The number of nitrogens with one attached hydrogen (secondary N) is 2. The van der Waals surface area contributed by atoms with E-state index in [1.165, 1.54) is 17.8 Å². The SMILES string of the molecule is CCn1c(CCNC(=O)c2ccc(SCCC(C)C)c([N+](=O)[O-])c2)n[nH]c1=S. The molecular formula is C18H25N5O3S2. The third-order valence-corrected chi connectivity index (χ3v) is 5.57. The van der Waals surface area contributed by atoms with Gasteiger partial charge in [0.05, 0.1) is 9.82 Å². The van der Waals surface area contributed by atoms with E-state index in [2.05, 4.69) is 29.4 Å². The molecule has 8 nitrogen and oxygen atoms in total. The van der Waals surface area contributed by atoms with Crippen LogP contribution in [0.3, 0.4) is 0 Å². The molecule has 1 aromatic heterocycles. The number of nitrogens with zero attached hydrogens (tertiary/aromatic N) is 3. The number of hydrogen-bond acceptors (Lipinski definition) is 6. The first-order valence-electron chi connectivity index (χ1n) is 9.17. The van der Waals surface area contributed by atoms with E-state index in [1.807, 2.05) is 11.5 Å². The highest BCUT2D eigenvalue weighted by molar-refractivity contribution is 7.99. The van der Waals surface area contributed by atoms with Crippen LogP contribution in [-0.2, 0) is 13.0 Å². The standard InChI is InChI=1S/C18H25N5O3S2/c1-4-22-16(20-21-18(22)27)7-9-19-17(24)13-5-6-15(14(11-13)23(25)26)28-10-8-12(2)3/h5-6,11-12H,4,7-10H2,1-3H3,(H,19,24)(H,21,27). The number of nitro groups is 1. The van der Waals surface area contributed by atoms with Gasteiger partial charge in [-0.2, -0.15) is 5.10 Å². The molecule has 0 saturated heterocycles. The maximum absolute atomic E-state index is 12.4. The highest BCUT2D eigenvalue weighted by atomic mass is 32.2. The number of carbonyl (C=O) groups is 1. The van der Waals surface area contributed by atoms with E-state index in [-0.39, 0.29) is 17.2 Å². The molecule has 1 heterocycles. The lowest BCUT2D eigenvalue weighted by Crippen LogP contribution is -2.26. The maximum Gasteiger partial charge on any atom is 0.283 e. The van der Waals surface area contributed by atoms with Gasteiger partial charge in [0, 0.05) is 31.1 Å². The summed E-state index contributed by atoms with van der Waals surface area (Å²) in [4.78, 5) is 23.9. The molecule has 0 fully saturated rings. The van der Waals surface area contributed by atoms with E-state index in [9.17, 15) is 14.9 Å². The van der Waals surface area contributed by atoms with Crippen molar-refractivity contribution in [2.45, 2.75) is 45.1 Å². The van der Waals surface area contributed by atoms with Gasteiger partial charge in [-0.3, -0.25) is 20.0 Å². The topological polar surface area (TPSA) is 106 Å². The Hall–Kier alpha value is -2.20. The molecule has 152 valence electrons. The second-order valence-corrected chi connectivity index (χ2v) is 8.19. The Kier molecular flexibility index (Phi) is 8.18. The van der Waals surface area contributed by atoms with Crippen LogP contribution in [0.2, 0.25) is 0 Å². The van der Waals surface area contributed by atoms with E-state index in [0.717, 1.165) is 18.0 Å². The van der Waals surface area contributed by atoms with Crippen LogP contribution in [0, 0.1) is 20.8 Å². The van der Waals surface area contributed by atoms with Crippen molar-refractivity contribution in [3.63, 3.8) is 0 Å². The quantitative estimate of drug-likeness (QED) is 0.259. The van der Waals surface area contributed by atoms with Crippen LogP contribution in [0.25, 0.3) is 0 Å². The molecule has 10 heteroatoms. The predicted octanol–water partition coefficient (Wildman–Crippen LogP) is 3.98. The summed E-state index contributed by atoms with van der Waals surface area (Å²) in [6.07, 6.45) is 1.49. The van der Waals surface area contributed by atoms with E-state index < -0.39 is 4.92 Å². The van der Waals surface area contributed by atoms with Crippen LogP contribution >= 0.6 is 24.0 Å². The number of benzene rings is 1. The maximum atomic E-state index is 12.4. The van der Waals surface area contributed by atoms with Gasteiger partial charge in [0.1, 0.15) is 5.82 Å². The summed E-state index contributed by atoms with van der Waals surface area (Å²) >= 11 is 6.59. The van der Waals surface area contributed by atoms with Crippen molar-refractivity contribution in [2.75, 3.05) is 12.3 Å². The van der Waals surface area contributed by atoms with Crippen molar-refractivity contribution in [1.29, 1.82) is 0 Å². The summed E-state index contributed by atoms with van der Waals surface area (Å²) in [5.74, 6) is 1.75. The molecule has 0 aliphatic heterocycles. The molecule has 28 heavy (non-hydrogen) atoms. The smallest absolute Gasteiger partial charge is 0.283 e. The van der Waals surface area contributed by atoms with E-state index in [4.69, 9.17) is 12.2 Å². The van der Waals surface area contributed by atoms with Crippen molar-refractivity contribution >= 4 is 35.6 Å². The number of thioether (sulfide) groups is 1. The molecule has 0 unspecified atom stereocenters. The zero-order valence-corrected chi connectivity index (χ0v) is 17.9. The zero-order chi connectivity index (χ0) is 20.7. The van der Waals surface area contributed by atoms with Crippen molar-refractivity contribution < 1.29 is 9.72 Å². The summed E-state index contributed by atoms with van der Waals surface area (Å²) in [6.45, 7) is 7.25. The minimum absolute atomic E-state index is 0.0340. The first-order chi connectivity index (χ1) is 13.3. The fourth-order valence-corrected chi connectivity index (χ4v) is 4.12. The number of aromatic amines is 1. The second-order valence-electron chi connectivity index (χ2n) is 6.67. The van der Waals surface area contributed by atoms with Crippen molar-refractivity contribution in [2.24, 2.45) is 5.92 Å². The fraction of sp³-hybridized carbons (Fsp3) is 0.500. The van der Waals surface area contributed by atoms with Crippen molar-refractivity contribution in [3.05, 3.63) is 44.5 Å². The number of H-pyrrole nitrogens is 1. The molecule has 0 spiro atoms. The molecule has 0 atom stereocenters. The minimum atomic E-state index is -0.437. The number of rotatable bonds is 10. The highest BCUT2D eigenvalue weighted by Crippen LogP contribution is 2.31. The largest absolute Gasteiger partial charge is 0.352 e. The molecule has 2 rings (SSSR count). The summed E-state index contributed by atoms with van der Waals surface area (Å²) < 4.78 is 2.40. The van der Waals surface area contributed by atoms with Crippen LogP contribution in [0.15, 0.2) is 23.1 Å². The fourth-order valence-electron chi connectivity index (χ4n) is 2.59. The van der Waals surface area contributed by atoms with Gasteiger partial charge in [0.2, 0.25) is 0 Å². The number of aromatic nitrogens is 3. The van der Waals surface area contributed by atoms with Gasteiger partial charge in [-0.25, -0.2) is 0 Å². The zero-order valence-electron chi connectivity index (χ0n) is 16.2. The molecule has 0 aliphatic carbocycles. The van der Waals surface area contributed by atoms with Gasteiger partial charge in [0.25, 0.3) is 11.6 Å². The van der Waals surface area contributed by atoms with Crippen molar-refractivity contribution in [3.8, 4) is 0 Å². The van der Waals surface area contributed by atoms with Gasteiger partial charge >= 0.3 is 0 Å². The number of hydrogen-bond donors (Lipinski definition) is 2. The lowest BCUT2D eigenvalue weighted by molar-refractivity contribution is -0.387. The molecule has 2 aromatic rings. The second kappa shape index (κ2) is 10.4. The van der Waals surface area contributed by atoms with Gasteiger partial charge in [-0.1, -0.05) is 13.8 Å². The third kappa shape index (κ3) is 5.90. The lowest BCUT2D eigenvalue weighted by atomic mass is 10.2. The van der Waals surface area contributed by atoms with E-state index in [1.54, 1.807) is 12.1 Å². The summed E-state index contributed by atoms with van der Waals surface area (Å²) in [5, 5.41) is 21.1. The Bertz CT molecular complexity index is 892. The minimum Gasteiger partial charge on any atom is -0.352 e. The normalized spacial score (nSPS) is 11.0. The first-order valence-corrected chi connectivity index (χ1v) is 10.6. The summed E-state index contributed by atoms with van der Waals surface area (Å²) in [7, 11) is 0. The molecule has 2 N–H and O–H groups in total. The first kappa shape index (κ1) is 22.1. The number of carbonyl (C=O) groups excluding carboxylic acids is 1. The number of amides is 1. The van der Waals surface area contributed by atoms with Crippen LogP contribution in [0.5, 0.6) is 0 Å². The lowest BCUT2D eigenvalue weighted by Gasteiger charge is -2.08. The Morgan fingerprint density at radius 2 is 2.21 bits per heavy atom. The third-order valence-electron chi connectivity index (χ3n) is 4.16. The van der Waals surface area contributed by atoms with Gasteiger partial charge in [0.15, 0.2) is 4.77 Å². The molecule has 0 aliphatic rings. The summed E-state index contributed by atoms with van der Waals surface area (Å²) in [5.41, 5.74) is 0.238. The molecule has 0 radical (unpaired) electrons. The number of nitro benzene ring substituents is 1. The Labute approximate surface area is 173 Å². The van der Waals surface area contributed by atoms with Gasteiger partial charge in [-0.15, -0.1) is 11.8 Å². The van der Waals surface area contributed by atoms with Crippen LogP contribution in [-0.4, -0.2) is 37.9 Å². The van der Waals surface area contributed by atoms with E-state index >= 15 is 0 Å². The Morgan fingerprint density at radius 1 is 1.46 bits per heavy atom. The van der Waals surface area contributed by atoms with Crippen LogP contribution in [0.1, 0.15) is 43.4 Å².